The lowest BCUT2D eigenvalue weighted by Gasteiger charge is -2.02. The first-order valence-electron chi connectivity index (χ1n) is 7.14. The molecule has 0 saturated carbocycles. The average molecular weight is 337 g/mol. The van der Waals surface area contributed by atoms with Gasteiger partial charge in [-0.25, -0.2) is 9.97 Å². The standard InChI is InChI=1S/C14H19N5OS2/c1-4-5-6-12-18-19-14(22-12)17-11(20)8-21-13-15-9(2)7-10(3)16-13/h7H,4-6,8H2,1-3H3,(H,17,19,20). The Kier molecular flexibility index (Phi) is 6.26. The van der Waals surface area contributed by atoms with E-state index in [1.165, 1.54) is 23.1 Å². The summed E-state index contributed by atoms with van der Waals surface area (Å²) in [6.45, 7) is 5.96. The van der Waals surface area contributed by atoms with E-state index >= 15 is 0 Å². The van der Waals surface area contributed by atoms with Gasteiger partial charge in [0.15, 0.2) is 5.16 Å². The molecule has 2 heterocycles. The zero-order valence-electron chi connectivity index (χ0n) is 12.9. The molecule has 2 aromatic rings. The Morgan fingerprint density at radius 1 is 1.27 bits per heavy atom. The number of anilines is 1. The average Bonchev–Trinajstić information content (AvgIpc) is 2.89. The number of unbranched alkanes of at least 4 members (excludes halogenated alkanes) is 1. The summed E-state index contributed by atoms with van der Waals surface area (Å²) in [4.78, 5) is 20.5. The smallest absolute Gasteiger partial charge is 0.236 e. The van der Waals surface area contributed by atoms with Gasteiger partial charge in [0, 0.05) is 17.8 Å². The van der Waals surface area contributed by atoms with E-state index in [4.69, 9.17) is 0 Å². The van der Waals surface area contributed by atoms with Gasteiger partial charge in [0.05, 0.1) is 5.75 Å². The molecule has 0 aliphatic heterocycles. The van der Waals surface area contributed by atoms with Crippen LogP contribution in [0.15, 0.2) is 11.2 Å². The molecule has 0 aliphatic carbocycles. The number of nitrogens with one attached hydrogen (secondary N) is 1. The highest BCUT2D eigenvalue weighted by Crippen LogP contribution is 2.18. The molecule has 2 aromatic heterocycles. The summed E-state index contributed by atoms with van der Waals surface area (Å²) in [5.74, 6) is 0.137. The van der Waals surface area contributed by atoms with Crippen LogP contribution in [0.5, 0.6) is 0 Å². The second-order valence-electron chi connectivity index (χ2n) is 4.87. The van der Waals surface area contributed by atoms with Gasteiger partial charge in [0.1, 0.15) is 5.01 Å². The lowest BCUT2D eigenvalue weighted by molar-refractivity contribution is -0.113. The van der Waals surface area contributed by atoms with Gasteiger partial charge in [-0.1, -0.05) is 36.4 Å². The zero-order valence-corrected chi connectivity index (χ0v) is 14.6. The minimum absolute atomic E-state index is 0.119. The van der Waals surface area contributed by atoms with Crippen molar-refractivity contribution < 1.29 is 4.79 Å². The topological polar surface area (TPSA) is 80.7 Å². The van der Waals surface area contributed by atoms with Crippen LogP contribution in [-0.4, -0.2) is 31.8 Å². The van der Waals surface area contributed by atoms with E-state index < -0.39 is 0 Å². The first-order chi connectivity index (χ1) is 10.6. The van der Waals surface area contributed by atoms with Crippen molar-refractivity contribution in [1.29, 1.82) is 0 Å². The van der Waals surface area contributed by atoms with Crippen LogP contribution in [0, 0.1) is 13.8 Å². The maximum Gasteiger partial charge on any atom is 0.236 e. The Balaban J connectivity index is 1.83. The van der Waals surface area contributed by atoms with Crippen LogP contribution < -0.4 is 5.32 Å². The molecule has 6 nitrogen and oxygen atoms in total. The monoisotopic (exact) mass is 337 g/mol. The highest BCUT2D eigenvalue weighted by Gasteiger charge is 2.10. The molecule has 0 fully saturated rings. The molecule has 0 aliphatic rings. The molecule has 0 radical (unpaired) electrons. The molecule has 8 heteroatoms. The molecule has 0 aromatic carbocycles. The van der Waals surface area contributed by atoms with E-state index in [1.807, 2.05) is 19.9 Å². The molecule has 118 valence electrons. The second kappa shape index (κ2) is 8.19. The molecular weight excluding hydrogens is 318 g/mol. The van der Waals surface area contributed by atoms with E-state index in [0.717, 1.165) is 35.7 Å². The molecular formula is C14H19N5OS2. The van der Waals surface area contributed by atoms with E-state index in [9.17, 15) is 4.79 Å². The van der Waals surface area contributed by atoms with Gasteiger partial charge in [-0.05, 0) is 26.3 Å². The number of nitrogens with zero attached hydrogens (tertiary/aromatic N) is 4. The van der Waals surface area contributed by atoms with Gasteiger partial charge in [-0.15, -0.1) is 10.2 Å². The third kappa shape index (κ3) is 5.34. The molecule has 1 N–H and O–H groups in total. The lowest BCUT2D eigenvalue weighted by atomic mass is 10.3. The van der Waals surface area contributed by atoms with Gasteiger partial charge < -0.3 is 0 Å². The first-order valence-corrected chi connectivity index (χ1v) is 8.94. The van der Waals surface area contributed by atoms with Gasteiger partial charge in [-0.3, -0.25) is 10.1 Å². The van der Waals surface area contributed by atoms with E-state index in [0.29, 0.717) is 10.3 Å². The fourth-order valence-corrected chi connectivity index (χ4v) is 3.32. The molecule has 0 bridgehead atoms. The molecule has 0 saturated heterocycles. The highest BCUT2D eigenvalue weighted by atomic mass is 32.2. The summed E-state index contributed by atoms with van der Waals surface area (Å²) >= 11 is 2.75. The number of thioether (sulfide) groups is 1. The number of aromatic nitrogens is 4. The first kappa shape index (κ1) is 16.8. The Morgan fingerprint density at radius 3 is 2.68 bits per heavy atom. The number of hydrogen-bond donors (Lipinski definition) is 1. The molecule has 22 heavy (non-hydrogen) atoms. The Morgan fingerprint density at radius 2 is 2.00 bits per heavy atom. The summed E-state index contributed by atoms with van der Waals surface area (Å²) in [6.07, 6.45) is 3.12. The summed E-state index contributed by atoms with van der Waals surface area (Å²) in [6, 6.07) is 1.91. The zero-order chi connectivity index (χ0) is 15.9. The van der Waals surface area contributed by atoms with Crippen LogP contribution in [0.1, 0.15) is 36.2 Å². The fourth-order valence-electron chi connectivity index (χ4n) is 1.78. The third-order valence-corrected chi connectivity index (χ3v) is 4.50. The number of amides is 1. The molecule has 0 unspecified atom stereocenters. The van der Waals surface area contributed by atoms with Crippen LogP contribution in [0.4, 0.5) is 5.13 Å². The highest BCUT2D eigenvalue weighted by molar-refractivity contribution is 7.99. The molecule has 2 rings (SSSR count). The maximum atomic E-state index is 11.9. The van der Waals surface area contributed by atoms with Crippen molar-refractivity contribution in [2.75, 3.05) is 11.1 Å². The summed E-state index contributed by atoms with van der Waals surface area (Å²) in [5, 5.41) is 13.0. The Bertz CT molecular complexity index is 624. The van der Waals surface area contributed by atoms with Crippen LogP contribution in [0.2, 0.25) is 0 Å². The quantitative estimate of drug-likeness (QED) is 0.618. The minimum atomic E-state index is -0.119. The van der Waals surface area contributed by atoms with Crippen molar-refractivity contribution in [3.63, 3.8) is 0 Å². The van der Waals surface area contributed by atoms with Gasteiger partial charge >= 0.3 is 0 Å². The van der Waals surface area contributed by atoms with Crippen LogP contribution >= 0.6 is 23.1 Å². The van der Waals surface area contributed by atoms with Crippen LogP contribution in [-0.2, 0) is 11.2 Å². The van der Waals surface area contributed by atoms with Crippen molar-refractivity contribution >= 4 is 34.1 Å². The van der Waals surface area contributed by atoms with Gasteiger partial charge in [0.2, 0.25) is 11.0 Å². The number of rotatable bonds is 7. The lowest BCUT2D eigenvalue weighted by Crippen LogP contribution is -2.14. The molecule has 1 amide bonds. The van der Waals surface area contributed by atoms with Crippen LogP contribution in [0.3, 0.4) is 0 Å². The fraction of sp³-hybridized carbons (Fsp3) is 0.500. The number of carbonyl (C=O) groups is 1. The van der Waals surface area contributed by atoms with Crippen molar-refractivity contribution in [3.8, 4) is 0 Å². The third-order valence-electron chi connectivity index (χ3n) is 2.75. The molecule has 0 atom stereocenters. The Hall–Kier alpha value is -1.54. The predicted molar refractivity (Wildman–Crippen MR) is 89.4 cm³/mol. The SMILES string of the molecule is CCCCc1nnc(NC(=O)CSc2nc(C)cc(C)n2)s1. The van der Waals surface area contributed by atoms with Crippen molar-refractivity contribution in [3.05, 3.63) is 22.5 Å². The number of hydrogen-bond acceptors (Lipinski definition) is 7. The summed E-state index contributed by atoms with van der Waals surface area (Å²) in [7, 11) is 0. The maximum absolute atomic E-state index is 11.9. The van der Waals surface area contributed by atoms with Crippen LogP contribution in [0.25, 0.3) is 0 Å². The van der Waals surface area contributed by atoms with E-state index in [2.05, 4.69) is 32.4 Å². The molecule has 0 spiro atoms. The minimum Gasteiger partial charge on any atom is -0.300 e. The summed E-state index contributed by atoms with van der Waals surface area (Å²) < 4.78 is 0. The van der Waals surface area contributed by atoms with Crippen molar-refractivity contribution in [1.82, 2.24) is 20.2 Å². The van der Waals surface area contributed by atoms with Crippen molar-refractivity contribution in [2.45, 2.75) is 45.2 Å². The normalized spacial score (nSPS) is 10.7. The van der Waals surface area contributed by atoms with Gasteiger partial charge in [0.25, 0.3) is 0 Å². The van der Waals surface area contributed by atoms with E-state index in [-0.39, 0.29) is 11.7 Å². The van der Waals surface area contributed by atoms with Crippen molar-refractivity contribution in [2.24, 2.45) is 0 Å². The number of aryl methyl sites for hydroxylation is 3. The summed E-state index contributed by atoms with van der Waals surface area (Å²) in [5.41, 5.74) is 1.81. The van der Waals surface area contributed by atoms with E-state index in [1.54, 1.807) is 0 Å². The predicted octanol–water partition coefficient (Wildman–Crippen LogP) is 3.02. The Labute approximate surface area is 138 Å². The number of carbonyl (C=O) groups excluding carboxylic acids is 1. The van der Waals surface area contributed by atoms with Gasteiger partial charge in [-0.2, -0.15) is 0 Å². The second-order valence-corrected chi connectivity index (χ2v) is 6.88. The largest absolute Gasteiger partial charge is 0.300 e.